The lowest BCUT2D eigenvalue weighted by Crippen LogP contribution is -2.09. The lowest BCUT2D eigenvalue weighted by Gasteiger charge is -2.17. The Balaban J connectivity index is 2.24. The fraction of sp³-hybridized carbons (Fsp3) is 0.294. The van der Waals surface area contributed by atoms with Crippen molar-refractivity contribution in [2.45, 2.75) is 20.0 Å². The summed E-state index contributed by atoms with van der Waals surface area (Å²) in [5.41, 5.74) is 0.567. The molecule has 7 heteroatoms. The van der Waals surface area contributed by atoms with E-state index in [1.165, 1.54) is 12.1 Å². The fourth-order valence-electron chi connectivity index (χ4n) is 2.35. The lowest BCUT2D eigenvalue weighted by atomic mass is 10.2. The van der Waals surface area contributed by atoms with Gasteiger partial charge in [0, 0.05) is 27.8 Å². The number of halogens is 4. The minimum absolute atomic E-state index is 0.547. The van der Waals surface area contributed by atoms with E-state index in [1.807, 2.05) is 26.0 Å². The molecular weight excluding hydrogens is 402 g/mol. The van der Waals surface area contributed by atoms with Gasteiger partial charge in [-0.05, 0) is 58.4 Å². The molecule has 2 aromatic rings. The van der Waals surface area contributed by atoms with Crippen LogP contribution in [0.15, 0.2) is 46.9 Å². The van der Waals surface area contributed by atoms with Crippen molar-refractivity contribution in [3.63, 3.8) is 0 Å². The average molecular weight is 420 g/mol. The van der Waals surface area contributed by atoms with Crippen molar-refractivity contribution >= 4 is 39.8 Å². The van der Waals surface area contributed by atoms with Crippen molar-refractivity contribution in [1.29, 1.82) is 0 Å². The molecule has 0 amide bonds. The molecule has 0 spiro atoms. The molecular formula is C17H18BrF3NOP. The van der Waals surface area contributed by atoms with Gasteiger partial charge in [-0.1, -0.05) is 13.8 Å². The van der Waals surface area contributed by atoms with Crippen LogP contribution in [0.25, 0.3) is 0 Å². The summed E-state index contributed by atoms with van der Waals surface area (Å²) in [4.78, 5) is 0. The molecule has 1 N–H and O–H groups in total. The third-order valence-corrected chi connectivity index (χ3v) is 7.85. The van der Waals surface area contributed by atoms with Gasteiger partial charge in [-0.2, -0.15) is 13.2 Å². The smallest absolute Gasteiger partial charge is 0.355 e. The molecule has 0 saturated carbocycles. The van der Waals surface area contributed by atoms with Crippen LogP contribution in [-0.4, -0.2) is 12.3 Å². The summed E-state index contributed by atoms with van der Waals surface area (Å²) in [6, 6.07) is 10.2. The van der Waals surface area contributed by atoms with Gasteiger partial charge in [-0.15, -0.1) is 0 Å². The number of nitrogens with one attached hydrogen (secondary N) is 1. The first-order valence-electron chi connectivity index (χ1n) is 7.52. The highest BCUT2D eigenvalue weighted by atomic mass is 79.9. The van der Waals surface area contributed by atoms with Gasteiger partial charge in [0.25, 0.3) is 0 Å². The van der Waals surface area contributed by atoms with Crippen LogP contribution >= 0.6 is 23.1 Å². The van der Waals surface area contributed by atoms with Gasteiger partial charge in [-0.3, -0.25) is 0 Å². The molecule has 0 aliphatic heterocycles. The minimum Gasteiger partial charge on any atom is -0.355 e. The fourth-order valence-corrected chi connectivity index (χ4v) is 4.89. The van der Waals surface area contributed by atoms with E-state index < -0.39 is 18.9 Å². The van der Waals surface area contributed by atoms with E-state index in [2.05, 4.69) is 21.2 Å². The van der Waals surface area contributed by atoms with Gasteiger partial charge in [0.2, 0.25) is 0 Å². The molecule has 0 bridgehead atoms. The van der Waals surface area contributed by atoms with E-state index in [-0.39, 0.29) is 0 Å². The maximum Gasteiger partial charge on any atom is 0.416 e. The van der Waals surface area contributed by atoms with Crippen LogP contribution in [0.3, 0.4) is 0 Å². The van der Waals surface area contributed by atoms with E-state index in [0.29, 0.717) is 23.7 Å². The average Bonchev–Trinajstić information content (AvgIpc) is 2.55. The van der Waals surface area contributed by atoms with Crippen LogP contribution < -0.4 is 10.6 Å². The molecule has 0 aromatic heterocycles. The van der Waals surface area contributed by atoms with Gasteiger partial charge in [0.15, 0.2) is 0 Å². The van der Waals surface area contributed by atoms with Crippen molar-refractivity contribution in [3.05, 3.63) is 52.5 Å². The Kier molecular flexibility index (Phi) is 5.82. The lowest BCUT2D eigenvalue weighted by molar-refractivity contribution is -0.137. The summed E-state index contributed by atoms with van der Waals surface area (Å²) in [5, 5.41) is 3.86. The highest BCUT2D eigenvalue weighted by molar-refractivity contribution is 9.10. The maximum absolute atomic E-state index is 12.8. The van der Waals surface area contributed by atoms with Crippen LogP contribution in [0.2, 0.25) is 0 Å². The van der Waals surface area contributed by atoms with Gasteiger partial charge < -0.3 is 9.88 Å². The largest absolute Gasteiger partial charge is 0.416 e. The third-order valence-electron chi connectivity index (χ3n) is 3.94. The Morgan fingerprint density at radius 3 is 2.08 bits per heavy atom. The van der Waals surface area contributed by atoms with Crippen molar-refractivity contribution in [2.24, 2.45) is 0 Å². The highest BCUT2D eigenvalue weighted by Gasteiger charge is 2.30. The summed E-state index contributed by atoms with van der Waals surface area (Å²) in [6.07, 6.45) is -3.15. The number of anilines is 2. The molecule has 0 radical (unpaired) electrons. The number of rotatable bonds is 5. The highest BCUT2D eigenvalue weighted by Crippen LogP contribution is 2.44. The molecule has 24 heavy (non-hydrogen) atoms. The Bertz CT molecular complexity index is 751. The molecule has 0 fully saturated rings. The predicted molar refractivity (Wildman–Crippen MR) is 97.2 cm³/mol. The van der Waals surface area contributed by atoms with E-state index in [4.69, 9.17) is 0 Å². The number of hydrogen-bond donors (Lipinski definition) is 1. The van der Waals surface area contributed by atoms with E-state index in [1.54, 1.807) is 6.07 Å². The number of benzene rings is 2. The Morgan fingerprint density at radius 1 is 1.04 bits per heavy atom. The molecule has 0 heterocycles. The van der Waals surface area contributed by atoms with Crippen molar-refractivity contribution < 1.29 is 17.7 Å². The van der Waals surface area contributed by atoms with E-state index in [9.17, 15) is 17.7 Å². The zero-order valence-corrected chi connectivity index (χ0v) is 15.8. The molecule has 2 aromatic carbocycles. The second kappa shape index (κ2) is 7.32. The topological polar surface area (TPSA) is 29.1 Å². The molecule has 0 aliphatic carbocycles. The van der Waals surface area contributed by atoms with E-state index in [0.717, 1.165) is 21.9 Å². The quantitative estimate of drug-likeness (QED) is 0.581. The van der Waals surface area contributed by atoms with E-state index >= 15 is 0 Å². The molecule has 130 valence electrons. The number of hydrogen-bond acceptors (Lipinski definition) is 2. The Labute approximate surface area is 148 Å². The monoisotopic (exact) mass is 419 g/mol. The van der Waals surface area contributed by atoms with Crippen LogP contribution in [0.4, 0.5) is 24.5 Å². The zero-order chi connectivity index (χ0) is 18.0. The van der Waals surface area contributed by atoms with Crippen LogP contribution in [-0.2, 0) is 10.7 Å². The standard InChI is InChI=1S/C17H18BrF3NOP/c1-3-24(23,4-2)14-9-10-16(15(18)11-14)22-13-7-5-12(6-8-13)17(19,20)21/h5-11,22H,3-4H2,1-2H3. The number of alkyl halides is 3. The first kappa shape index (κ1) is 19.1. The van der Waals surface area contributed by atoms with Gasteiger partial charge in [0.05, 0.1) is 11.3 Å². The van der Waals surface area contributed by atoms with Gasteiger partial charge in [0.1, 0.15) is 7.14 Å². The second-order valence-corrected chi connectivity index (χ2v) is 9.80. The molecule has 0 saturated heterocycles. The minimum atomic E-state index is -4.35. The maximum atomic E-state index is 12.8. The molecule has 0 atom stereocenters. The summed E-state index contributed by atoms with van der Waals surface area (Å²) >= 11 is 3.44. The SMILES string of the molecule is CCP(=O)(CC)c1ccc(Nc2ccc(C(F)(F)F)cc2)c(Br)c1. The molecule has 2 nitrogen and oxygen atoms in total. The van der Waals surface area contributed by atoms with Crippen molar-refractivity contribution in [1.82, 2.24) is 0 Å². The predicted octanol–water partition coefficient (Wildman–Crippen LogP) is 6.24. The van der Waals surface area contributed by atoms with Crippen LogP contribution in [0.5, 0.6) is 0 Å². The zero-order valence-electron chi connectivity index (χ0n) is 13.3. The summed E-state index contributed by atoms with van der Waals surface area (Å²) in [6.45, 7) is 3.82. The van der Waals surface area contributed by atoms with Crippen molar-refractivity contribution in [3.8, 4) is 0 Å². The van der Waals surface area contributed by atoms with Crippen molar-refractivity contribution in [2.75, 3.05) is 17.6 Å². The van der Waals surface area contributed by atoms with Gasteiger partial charge in [-0.25, -0.2) is 0 Å². The molecule has 2 rings (SSSR count). The first-order valence-corrected chi connectivity index (χ1v) is 10.4. The molecule has 0 aliphatic rings. The van der Waals surface area contributed by atoms with Gasteiger partial charge >= 0.3 is 6.18 Å². The molecule has 0 unspecified atom stereocenters. The third kappa shape index (κ3) is 4.22. The summed E-state index contributed by atoms with van der Waals surface area (Å²) in [7, 11) is -2.37. The van der Waals surface area contributed by atoms with Crippen LogP contribution in [0, 0.1) is 0 Å². The second-order valence-electron chi connectivity index (χ2n) is 5.39. The normalized spacial score (nSPS) is 12.2. The Morgan fingerprint density at radius 2 is 1.62 bits per heavy atom. The Hall–Kier alpha value is -1.26. The summed E-state index contributed by atoms with van der Waals surface area (Å²) in [5.74, 6) is 0. The first-order chi connectivity index (χ1) is 11.2. The summed E-state index contributed by atoms with van der Waals surface area (Å²) < 4.78 is 51.2. The van der Waals surface area contributed by atoms with Crippen LogP contribution in [0.1, 0.15) is 19.4 Å².